The normalized spacial score (nSPS) is 12.0. The molecule has 0 heterocycles. The largest absolute Gasteiger partial charge is 0.257 e. The maximum absolute atomic E-state index is 5.01. The highest BCUT2D eigenvalue weighted by Crippen LogP contribution is 1.84. The lowest BCUT2D eigenvalue weighted by atomic mass is 11.2. The van der Waals surface area contributed by atoms with Gasteiger partial charge in [-0.05, 0) is 0 Å². The van der Waals surface area contributed by atoms with Crippen LogP contribution in [0.3, 0.4) is 0 Å². The van der Waals surface area contributed by atoms with Crippen LogP contribution in [0.4, 0.5) is 0 Å². The van der Waals surface area contributed by atoms with Crippen molar-refractivity contribution in [3.8, 4) is 0 Å². The summed E-state index contributed by atoms with van der Waals surface area (Å²) in [5, 5.41) is 0. The summed E-state index contributed by atoms with van der Waals surface area (Å²) in [6.45, 7) is 0.0978. The van der Waals surface area contributed by atoms with E-state index in [2.05, 4.69) is 3.07 Å². The Balaban J connectivity index is 3.15. The van der Waals surface area contributed by atoms with Crippen molar-refractivity contribution in [1.29, 1.82) is 0 Å². The van der Waals surface area contributed by atoms with Gasteiger partial charge < -0.3 is 0 Å². The third kappa shape index (κ3) is 6.53. The standard InChI is InChI=1S/CH8IN4O/c2-7-1-6(3,4)5/h1,3-5H2/q+1. The molecule has 7 heavy (non-hydrogen) atoms. The molecule has 0 saturated heterocycles. The quantitative estimate of drug-likeness (QED) is 0.178. The third-order valence-corrected chi connectivity index (χ3v) is 0.551. The molecule has 0 aromatic carbocycles. The molecule has 0 radical (unpaired) electrons. The zero-order valence-electron chi connectivity index (χ0n) is 3.67. The number of rotatable bonds is 2. The molecule has 0 bridgehead atoms. The fourth-order valence-corrected chi connectivity index (χ4v) is 0.567. The Morgan fingerprint density at radius 1 is 1.43 bits per heavy atom. The lowest BCUT2D eigenvalue weighted by Crippen LogP contribution is -2.66. The summed E-state index contributed by atoms with van der Waals surface area (Å²) in [6.07, 6.45) is 0. The van der Waals surface area contributed by atoms with E-state index in [1.165, 1.54) is 0 Å². The fraction of sp³-hybridized carbons (Fsp3) is 1.00. The number of halogens is 1. The van der Waals surface area contributed by atoms with Crippen molar-refractivity contribution in [3.63, 3.8) is 0 Å². The van der Waals surface area contributed by atoms with Crippen molar-refractivity contribution in [2.45, 2.75) is 0 Å². The zero-order chi connectivity index (χ0) is 5.91. The monoisotopic (exact) mass is 219 g/mol. The van der Waals surface area contributed by atoms with Gasteiger partial charge in [0.05, 0.1) is 0 Å². The molecule has 0 rings (SSSR count). The van der Waals surface area contributed by atoms with Crippen LogP contribution in [0.5, 0.6) is 0 Å². The molecule has 0 aromatic heterocycles. The smallest absolute Gasteiger partial charge is 0.246 e. The molecule has 0 aliphatic heterocycles. The van der Waals surface area contributed by atoms with Gasteiger partial charge in [0.25, 0.3) is 0 Å². The van der Waals surface area contributed by atoms with Crippen molar-refractivity contribution in [3.05, 3.63) is 0 Å². The topological polar surface area (TPSA) is 87.3 Å². The van der Waals surface area contributed by atoms with E-state index in [1.807, 2.05) is 0 Å². The van der Waals surface area contributed by atoms with Gasteiger partial charge in [-0.2, -0.15) is 0 Å². The maximum Gasteiger partial charge on any atom is 0.246 e. The average Bonchev–Trinajstić information content (AvgIpc) is 1.30. The average molecular weight is 219 g/mol. The molecule has 44 valence electrons. The number of hydrogen-bond donors (Lipinski definition) is 3. The minimum absolute atomic E-state index is 0.0978. The highest BCUT2D eigenvalue weighted by atomic mass is 127. The lowest BCUT2D eigenvalue weighted by molar-refractivity contribution is -0.975. The Morgan fingerprint density at radius 2 is 1.86 bits per heavy atom. The number of nitrogens with two attached hydrogens (primary N) is 3. The van der Waals surface area contributed by atoms with E-state index in [0.717, 1.165) is 0 Å². The number of quaternary nitrogens is 1. The summed E-state index contributed by atoms with van der Waals surface area (Å²) in [4.78, 5) is -0.636. The van der Waals surface area contributed by atoms with Gasteiger partial charge in [-0.3, -0.25) is 3.07 Å². The molecule has 0 saturated carbocycles. The lowest BCUT2D eigenvalue weighted by Gasteiger charge is -2.15. The SMILES string of the molecule is N[N+](N)(N)COI. The minimum atomic E-state index is -0.636. The van der Waals surface area contributed by atoms with E-state index >= 15 is 0 Å². The van der Waals surface area contributed by atoms with Crippen LogP contribution in [0.15, 0.2) is 0 Å². The van der Waals surface area contributed by atoms with Crippen molar-refractivity contribution in [2.24, 2.45) is 17.5 Å². The summed E-state index contributed by atoms with van der Waals surface area (Å²) in [5.41, 5.74) is 0. The Morgan fingerprint density at radius 3 is 1.86 bits per heavy atom. The minimum Gasteiger partial charge on any atom is -0.257 e. The summed E-state index contributed by atoms with van der Waals surface area (Å²) >= 11 is 1.66. The first-order valence-electron chi connectivity index (χ1n) is 1.53. The predicted octanol–water partition coefficient (Wildman–Crippen LogP) is -1.25. The molecule has 0 fully saturated rings. The van der Waals surface area contributed by atoms with Gasteiger partial charge in [-0.1, -0.05) is 4.81 Å². The van der Waals surface area contributed by atoms with Crippen LogP contribution < -0.4 is 17.5 Å². The first-order valence-corrected chi connectivity index (χ1v) is 2.41. The first kappa shape index (κ1) is 7.53. The number of nitrogens with zero attached hydrogens (tertiary/aromatic N) is 1. The van der Waals surface area contributed by atoms with Crippen LogP contribution in [-0.4, -0.2) is 11.5 Å². The van der Waals surface area contributed by atoms with Gasteiger partial charge in [0.15, 0.2) is 0 Å². The van der Waals surface area contributed by atoms with E-state index in [0.29, 0.717) is 0 Å². The Bertz CT molecular complexity index is 50.1. The highest BCUT2D eigenvalue weighted by Gasteiger charge is 2.07. The van der Waals surface area contributed by atoms with E-state index < -0.39 is 4.81 Å². The molecule has 6 heteroatoms. The van der Waals surface area contributed by atoms with E-state index in [9.17, 15) is 0 Å². The van der Waals surface area contributed by atoms with Crippen molar-refractivity contribution in [2.75, 3.05) is 6.73 Å². The second-order valence-corrected chi connectivity index (χ2v) is 1.86. The Hall–Kier alpha value is 0.530. The molecule has 0 atom stereocenters. The van der Waals surface area contributed by atoms with Crippen LogP contribution in [0.25, 0.3) is 0 Å². The Labute approximate surface area is 55.6 Å². The molecule has 0 aromatic rings. The summed E-state index contributed by atoms with van der Waals surface area (Å²) in [7, 11) is 0. The second kappa shape index (κ2) is 2.74. The van der Waals surface area contributed by atoms with Crippen LogP contribution in [-0.2, 0) is 3.07 Å². The van der Waals surface area contributed by atoms with Crippen molar-refractivity contribution >= 4 is 23.0 Å². The van der Waals surface area contributed by atoms with Crippen LogP contribution >= 0.6 is 23.0 Å². The molecule has 5 nitrogen and oxygen atoms in total. The van der Waals surface area contributed by atoms with Gasteiger partial charge in [0.2, 0.25) is 6.73 Å². The van der Waals surface area contributed by atoms with Crippen LogP contribution in [0, 0.1) is 0 Å². The van der Waals surface area contributed by atoms with Gasteiger partial charge in [0.1, 0.15) is 23.0 Å². The van der Waals surface area contributed by atoms with Crippen molar-refractivity contribution in [1.82, 2.24) is 0 Å². The molecule has 0 spiro atoms. The molecule has 0 aliphatic carbocycles. The molecule has 0 unspecified atom stereocenters. The molecule has 6 N–H and O–H groups in total. The fourth-order valence-electron chi connectivity index (χ4n) is 0.0845. The molecule has 0 amide bonds. The van der Waals surface area contributed by atoms with Gasteiger partial charge >= 0.3 is 0 Å². The summed E-state index contributed by atoms with van der Waals surface area (Å²) < 4.78 is 4.47. The van der Waals surface area contributed by atoms with Crippen molar-refractivity contribution < 1.29 is 7.88 Å². The molecular formula is CH8IN4O+. The molecule has 0 aliphatic rings. The van der Waals surface area contributed by atoms with Gasteiger partial charge in [0, 0.05) is 0 Å². The third-order valence-electron chi connectivity index (χ3n) is 0.272. The zero-order valence-corrected chi connectivity index (χ0v) is 5.83. The Kier molecular flexibility index (Phi) is 2.95. The molecular weight excluding hydrogens is 211 g/mol. The van der Waals surface area contributed by atoms with Gasteiger partial charge in [-0.25, -0.2) is 0 Å². The van der Waals surface area contributed by atoms with E-state index in [-0.39, 0.29) is 6.73 Å². The van der Waals surface area contributed by atoms with Crippen LogP contribution in [0.1, 0.15) is 0 Å². The maximum atomic E-state index is 5.01. The summed E-state index contributed by atoms with van der Waals surface area (Å²) in [6, 6.07) is 0. The van der Waals surface area contributed by atoms with E-state index in [4.69, 9.17) is 17.5 Å². The van der Waals surface area contributed by atoms with Gasteiger partial charge in [-0.15, -0.1) is 17.5 Å². The first-order chi connectivity index (χ1) is 3.06. The van der Waals surface area contributed by atoms with E-state index in [1.54, 1.807) is 23.0 Å². The number of hydrogen-bond acceptors (Lipinski definition) is 4. The predicted molar refractivity (Wildman–Crippen MR) is 32.8 cm³/mol. The summed E-state index contributed by atoms with van der Waals surface area (Å²) in [5.74, 6) is 15.0. The van der Waals surface area contributed by atoms with Crippen LogP contribution in [0.2, 0.25) is 0 Å². The highest BCUT2D eigenvalue weighted by molar-refractivity contribution is 14.1. The second-order valence-electron chi connectivity index (χ2n) is 1.23.